The number of aromatic nitrogens is 2. The Morgan fingerprint density at radius 1 is 1.12 bits per heavy atom. The molecule has 2 aromatic carbocycles. The first kappa shape index (κ1) is 16.7. The monoisotopic (exact) mass is 357 g/mol. The van der Waals surface area contributed by atoms with E-state index in [9.17, 15) is 4.79 Å². The minimum absolute atomic E-state index is 0.466. The number of amides is 2. The van der Waals surface area contributed by atoms with Crippen molar-refractivity contribution in [3.63, 3.8) is 0 Å². The topological polar surface area (TPSA) is 97.7 Å². The molecular formula is C16H15N5O3S. The van der Waals surface area contributed by atoms with E-state index in [-0.39, 0.29) is 0 Å². The van der Waals surface area contributed by atoms with Crippen molar-refractivity contribution in [1.82, 2.24) is 14.2 Å². The molecule has 2 amide bonds. The quantitative estimate of drug-likeness (QED) is 0.540. The second-order valence-electron chi connectivity index (χ2n) is 4.90. The smallest absolute Gasteiger partial charge is 0.339 e. The van der Waals surface area contributed by atoms with Gasteiger partial charge in [-0.1, -0.05) is 0 Å². The van der Waals surface area contributed by atoms with Gasteiger partial charge in [0, 0.05) is 17.3 Å². The molecule has 9 heteroatoms. The van der Waals surface area contributed by atoms with E-state index >= 15 is 0 Å². The highest BCUT2D eigenvalue weighted by molar-refractivity contribution is 7.00. The summed E-state index contributed by atoms with van der Waals surface area (Å²) in [7, 11) is 3.13. The summed E-state index contributed by atoms with van der Waals surface area (Å²) < 4.78 is 18.6. The third-order valence-corrected chi connectivity index (χ3v) is 3.88. The Bertz CT molecular complexity index is 925. The minimum atomic E-state index is -0.466. The number of carbonyl (C=O) groups is 1. The van der Waals surface area contributed by atoms with Crippen molar-refractivity contribution < 1.29 is 14.3 Å². The van der Waals surface area contributed by atoms with Gasteiger partial charge in [-0.05, 0) is 30.3 Å². The number of benzene rings is 2. The molecule has 0 aliphatic heterocycles. The Balaban J connectivity index is 1.62. The summed E-state index contributed by atoms with van der Waals surface area (Å²) in [6, 6.07) is 10.1. The van der Waals surface area contributed by atoms with E-state index in [1.165, 1.54) is 6.21 Å². The predicted molar refractivity (Wildman–Crippen MR) is 96.7 cm³/mol. The first-order valence-electron chi connectivity index (χ1n) is 7.24. The zero-order valence-corrected chi connectivity index (χ0v) is 14.3. The molecule has 0 saturated heterocycles. The lowest BCUT2D eigenvalue weighted by Gasteiger charge is -2.07. The number of urea groups is 1. The van der Waals surface area contributed by atoms with Crippen molar-refractivity contribution in [3.8, 4) is 11.5 Å². The fourth-order valence-corrected chi connectivity index (χ4v) is 2.62. The Kier molecular flexibility index (Phi) is 5.05. The molecular weight excluding hydrogens is 342 g/mol. The molecule has 0 bridgehead atoms. The number of hydrogen-bond acceptors (Lipinski definition) is 7. The molecule has 0 spiro atoms. The third-order valence-electron chi connectivity index (χ3n) is 3.32. The predicted octanol–water partition coefficient (Wildman–Crippen LogP) is 2.86. The van der Waals surface area contributed by atoms with Crippen molar-refractivity contribution in [2.45, 2.75) is 0 Å². The average Bonchev–Trinajstić information content (AvgIpc) is 3.09. The molecule has 3 aromatic rings. The van der Waals surface area contributed by atoms with Gasteiger partial charge in [-0.2, -0.15) is 13.8 Å². The van der Waals surface area contributed by atoms with E-state index < -0.39 is 6.03 Å². The van der Waals surface area contributed by atoms with Gasteiger partial charge in [-0.3, -0.25) is 0 Å². The summed E-state index contributed by atoms with van der Waals surface area (Å²) in [5, 5.41) is 6.60. The van der Waals surface area contributed by atoms with Crippen LogP contribution in [0.15, 0.2) is 41.5 Å². The molecule has 0 saturated carbocycles. The molecule has 0 fully saturated rings. The fraction of sp³-hybridized carbons (Fsp3) is 0.125. The van der Waals surface area contributed by atoms with Crippen molar-refractivity contribution in [2.75, 3.05) is 19.5 Å². The van der Waals surface area contributed by atoms with Crippen molar-refractivity contribution in [3.05, 3.63) is 42.0 Å². The highest BCUT2D eigenvalue weighted by atomic mass is 32.1. The number of hydrogen-bond donors (Lipinski definition) is 2. The van der Waals surface area contributed by atoms with Crippen LogP contribution in [0.1, 0.15) is 5.56 Å². The van der Waals surface area contributed by atoms with Crippen LogP contribution < -0.4 is 20.2 Å². The SMILES string of the molecule is COc1ccc(/C=N\NC(=O)Nc2ccc3nsnc3c2)c(OC)c1. The van der Waals surface area contributed by atoms with E-state index in [2.05, 4.69) is 24.6 Å². The number of methoxy groups -OCH3 is 2. The molecule has 0 unspecified atom stereocenters. The summed E-state index contributed by atoms with van der Waals surface area (Å²) in [5.74, 6) is 1.26. The Morgan fingerprint density at radius 3 is 2.76 bits per heavy atom. The number of anilines is 1. The van der Waals surface area contributed by atoms with Gasteiger partial charge in [-0.25, -0.2) is 10.2 Å². The van der Waals surface area contributed by atoms with Crippen LogP contribution in [0.4, 0.5) is 10.5 Å². The number of rotatable bonds is 5. The van der Waals surface area contributed by atoms with Crippen molar-refractivity contribution >= 4 is 40.7 Å². The van der Waals surface area contributed by atoms with Crippen molar-refractivity contribution in [2.24, 2.45) is 5.10 Å². The molecule has 0 atom stereocenters. The molecule has 0 aliphatic carbocycles. The second kappa shape index (κ2) is 7.58. The molecule has 2 N–H and O–H groups in total. The number of hydrazone groups is 1. The average molecular weight is 357 g/mol. The number of ether oxygens (including phenoxy) is 2. The van der Waals surface area contributed by atoms with Gasteiger partial charge < -0.3 is 14.8 Å². The van der Waals surface area contributed by atoms with Gasteiger partial charge in [0.15, 0.2) is 0 Å². The standard InChI is InChI=1S/C16H15N5O3S/c1-23-12-5-3-10(15(8-12)24-2)9-17-19-16(22)18-11-4-6-13-14(7-11)21-25-20-13/h3-9H,1-2H3,(H2,18,19,22)/b17-9-. The Labute approximate surface area is 147 Å². The summed E-state index contributed by atoms with van der Waals surface area (Å²) >= 11 is 1.13. The van der Waals surface area contributed by atoms with Crippen LogP contribution in [-0.2, 0) is 0 Å². The molecule has 0 aliphatic rings. The second-order valence-corrected chi connectivity index (χ2v) is 5.43. The molecule has 8 nitrogen and oxygen atoms in total. The molecule has 3 rings (SSSR count). The molecule has 128 valence electrons. The van der Waals surface area contributed by atoms with Crippen LogP contribution in [-0.4, -0.2) is 35.2 Å². The third kappa shape index (κ3) is 4.01. The number of nitrogens with zero attached hydrogens (tertiary/aromatic N) is 3. The van der Waals surface area contributed by atoms with E-state index in [4.69, 9.17) is 9.47 Å². The molecule has 0 radical (unpaired) electrons. The molecule has 1 aromatic heterocycles. The summed E-state index contributed by atoms with van der Waals surface area (Å²) in [6.07, 6.45) is 1.49. The Morgan fingerprint density at radius 2 is 1.96 bits per heavy atom. The van der Waals surface area contributed by atoms with Crippen LogP contribution in [0.2, 0.25) is 0 Å². The molecule has 25 heavy (non-hydrogen) atoms. The summed E-state index contributed by atoms with van der Waals surface area (Å²) in [6.45, 7) is 0. The fourth-order valence-electron chi connectivity index (χ4n) is 2.10. The van der Waals surface area contributed by atoms with Gasteiger partial charge in [0.2, 0.25) is 0 Å². The summed E-state index contributed by atoms with van der Waals surface area (Å²) in [5.41, 5.74) is 5.24. The Hall–Kier alpha value is -3.20. The van der Waals surface area contributed by atoms with E-state index in [1.807, 2.05) is 0 Å². The van der Waals surface area contributed by atoms with Gasteiger partial charge >= 0.3 is 6.03 Å². The minimum Gasteiger partial charge on any atom is -0.497 e. The first-order valence-corrected chi connectivity index (χ1v) is 7.97. The van der Waals surface area contributed by atoms with Gasteiger partial charge in [-0.15, -0.1) is 0 Å². The van der Waals surface area contributed by atoms with E-state index in [0.717, 1.165) is 22.8 Å². The van der Waals surface area contributed by atoms with Crippen LogP contribution in [0, 0.1) is 0 Å². The maximum Gasteiger partial charge on any atom is 0.339 e. The van der Waals surface area contributed by atoms with Crippen LogP contribution in [0.3, 0.4) is 0 Å². The lowest BCUT2D eigenvalue weighted by molar-refractivity contribution is 0.252. The highest BCUT2D eigenvalue weighted by Gasteiger charge is 2.05. The number of nitrogens with one attached hydrogen (secondary N) is 2. The zero-order valence-electron chi connectivity index (χ0n) is 13.5. The van der Waals surface area contributed by atoms with Crippen LogP contribution >= 0.6 is 11.7 Å². The van der Waals surface area contributed by atoms with Crippen LogP contribution in [0.25, 0.3) is 11.0 Å². The zero-order chi connectivity index (χ0) is 17.6. The maximum absolute atomic E-state index is 11.9. The largest absolute Gasteiger partial charge is 0.497 e. The summed E-state index contributed by atoms with van der Waals surface area (Å²) in [4.78, 5) is 11.9. The van der Waals surface area contributed by atoms with E-state index in [1.54, 1.807) is 50.6 Å². The number of fused-ring (bicyclic) bond motifs is 1. The van der Waals surface area contributed by atoms with Gasteiger partial charge in [0.25, 0.3) is 0 Å². The number of carbonyl (C=O) groups excluding carboxylic acids is 1. The van der Waals surface area contributed by atoms with Crippen molar-refractivity contribution in [1.29, 1.82) is 0 Å². The van der Waals surface area contributed by atoms with Gasteiger partial charge in [0.05, 0.1) is 32.2 Å². The lowest BCUT2D eigenvalue weighted by Crippen LogP contribution is -2.24. The van der Waals surface area contributed by atoms with Gasteiger partial charge in [0.1, 0.15) is 22.5 Å². The van der Waals surface area contributed by atoms with Crippen LogP contribution in [0.5, 0.6) is 11.5 Å². The first-order chi connectivity index (χ1) is 12.2. The maximum atomic E-state index is 11.9. The normalized spacial score (nSPS) is 10.8. The lowest BCUT2D eigenvalue weighted by atomic mass is 10.2. The van der Waals surface area contributed by atoms with E-state index in [0.29, 0.717) is 22.7 Å². The highest BCUT2D eigenvalue weighted by Crippen LogP contribution is 2.23. The molecule has 1 heterocycles.